The summed E-state index contributed by atoms with van der Waals surface area (Å²) in [5, 5.41) is 20.0. The normalized spacial score (nSPS) is 10.3. The number of amides is 1. The number of nitrogens with zero attached hydrogens (tertiary/aromatic N) is 4. The van der Waals surface area contributed by atoms with Crippen molar-refractivity contribution < 1.29 is 9.72 Å². The Morgan fingerprint density at radius 2 is 2.00 bits per heavy atom. The third-order valence-corrected chi connectivity index (χ3v) is 4.05. The third kappa shape index (κ3) is 5.01. The first-order valence-electron chi connectivity index (χ1n) is 8.48. The van der Waals surface area contributed by atoms with Crippen LogP contribution in [0.3, 0.4) is 0 Å². The van der Waals surface area contributed by atoms with E-state index in [9.17, 15) is 19.7 Å². The monoisotopic (exact) mass is 368 g/mol. The minimum Gasteiger partial charge on any atom is -0.337 e. The number of nitro groups is 1. The van der Waals surface area contributed by atoms with Crippen LogP contribution < -0.4 is 5.56 Å². The molecule has 0 saturated heterocycles. The van der Waals surface area contributed by atoms with Gasteiger partial charge >= 0.3 is 0 Å². The molecule has 0 atom stereocenters. The maximum absolute atomic E-state index is 12.7. The lowest BCUT2D eigenvalue weighted by Gasteiger charge is -2.23. The zero-order valence-electron chi connectivity index (χ0n) is 15.2. The molecule has 0 unspecified atom stereocenters. The summed E-state index contributed by atoms with van der Waals surface area (Å²) in [5.74, 6) is -0.344. The number of benzene rings is 1. The van der Waals surface area contributed by atoms with Gasteiger partial charge in [0.05, 0.1) is 11.1 Å². The Morgan fingerprint density at radius 1 is 1.33 bits per heavy atom. The highest BCUT2D eigenvalue weighted by Gasteiger charge is 2.19. The van der Waals surface area contributed by atoms with Crippen LogP contribution in [0.25, 0.3) is 0 Å². The van der Waals surface area contributed by atoms with Crippen molar-refractivity contribution >= 4 is 11.6 Å². The van der Waals surface area contributed by atoms with Gasteiger partial charge in [0.25, 0.3) is 11.2 Å². The number of nitriles is 1. The molecule has 27 heavy (non-hydrogen) atoms. The van der Waals surface area contributed by atoms with Gasteiger partial charge in [-0.2, -0.15) is 5.26 Å². The molecule has 8 nitrogen and oxygen atoms in total. The summed E-state index contributed by atoms with van der Waals surface area (Å²) < 4.78 is 0.927. The first-order chi connectivity index (χ1) is 12.8. The van der Waals surface area contributed by atoms with Crippen molar-refractivity contribution in [3.63, 3.8) is 0 Å². The van der Waals surface area contributed by atoms with Crippen LogP contribution in [0.2, 0.25) is 0 Å². The molecule has 0 radical (unpaired) electrons. The highest BCUT2D eigenvalue weighted by molar-refractivity contribution is 5.76. The summed E-state index contributed by atoms with van der Waals surface area (Å²) in [6.45, 7) is 4.41. The van der Waals surface area contributed by atoms with Crippen molar-refractivity contribution in [3.8, 4) is 6.07 Å². The molecule has 1 heterocycles. The van der Waals surface area contributed by atoms with E-state index >= 15 is 0 Å². The summed E-state index contributed by atoms with van der Waals surface area (Å²) in [6.07, 6.45) is 1.72. The van der Waals surface area contributed by atoms with Gasteiger partial charge in [0, 0.05) is 19.2 Å². The van der Waals surface area contributed by atoms with Gasteiger partial charge in [-0.15, -0.1) is 0 Å². The molecule has 2 aromatic rings. The second kappa shape index (κ2) is 8.76. The fraction of sp³-hybridized carbons (Fsp3) is 0.316. The molecule has 0 bridgehead atoms. The second-order valence-corrected chi connectivity index (χ2v) is 6.21. The Kier molecular flexibility index (Phi) is 6.44. The van der Waals surface area contributed by atoms with Crippen LogP contribution in [-0.4, -0.2) is 26.8 Å². The Morgan fingerprint density at radius 3 is 2.56 bits per heavy atom. The van der Waals surface area contributed by atoms with E-state index in [0.717, 1.165) is 34.4 Å². The highest BCUT2D eigenvalue weighted by atomic mass is 16.6. The van der Waals surface area contributed by atoms with Crippen molar-refractivity contribution in [1.29, 1.82) is 5.26 Å². The van der Waals surface area contributed by atoms with Gasteiger partial charge < -0.3 is 4.90 Å². The molecule has 0 saturated carbocycles. The fourth-order valence-corrected chi connectivity index (χ4v) is 2.64. The lowest BCUT2D eigenvalue weighted by atomic mass is 10.1. The van der Waals surface area contributed by atoms with Crippen molar-refractivity contribution in [3.05, 3.63) is 73.7 Å². The summed E-state index contributed by atoms with van der Waals surface area (Å²) in [4.78, 5) is 36.9. The average Bonchev–Trinajstić information content (AvgIpc) is 2.64. The lowest BCUT2D eigenvalue weighted by Crippen LogP contribution is -2.37. The number of aromatic nitrogens is 1. The number of hydrogen-bond acceptors (Lipinski definition) is 5. The van der Waals surface area contributed by atoms with Gasteiger partial charge in [-0.1, -0.05) is 36.8 Å². The van der Waals surface area contributed by atoms with Crippen LogP contribution in [0.5, 0.6) is 0 Å². The number of carbonyl (C=O) groups excluding carboxylic acids is 1. The van der Waals surface area contributed by atoms with Crippen LogP contribution in [0.1, 0.15) is 30.0 Å². The molecule has 8 heteroatoms. The molecule has 0 N–H and O–H groups in total. The maximum Gasteiger partial charge on any atom is 0.287 e. The van der Waals surface area contributed by atoms with Crippen molar-refractivity contribution in [2.24, 2.45) is 0 Å². The average molecular weight is 368 g/mol. The van der Waals surface area contributed by atoms with Gasteiger partial charge in [0.1, 0.15) is 18.2 Å². The molecule has 140 valence electrons. The highest BCUT2D eigenvalue weighted by Crippen LogP contribution is 2.12. The molecule has 1 aromatic heterocycles. The standard InChI is InChI=1S/C19H20N4O4/c1-3-8-21(11-15-6-4-14(2)5-7-15)18(24)13-22-12-17(23(26)27)9-16(10-20)19(22)25/h4-7,9,12H,3,8,11,13H2,1-2H3. The van der Waals surface area contributed by atoms with Gasteiger partial charge in [0.2, 0.25) is 5.91 Å². The smallest absolute Gasteiger partial charge is 0.287 e. The third-order valence-electron chi connectivity index (χ3n) is 4.05. The van der Waals surface area contributed by atoms with Crippen LogP contribution in [0.4, 0.5) is 5.69 Å². The zero-order valence-corrected chi connectivity index (χ0v) is 15.2. The van der Waals surface area contributed by atoms with Crippen LogP contribution in [-0.2, 0) is 17.9 Å². The topological polar surface area (TPSA) is 109 Å². The summed E-state index contributed by atoms with van der Waals surface area (Å²) in [6, 6.07) is 10.3. The van der Waals surface area contributed by atoms with Gasteiger partial charge in [-0.3, -0.25) is 24.3 Å². The molecule has 2 rings (SSSR count). The van der Waals surface area contributed by atoms with Crippen LogP contribution in [0.15, 0.2) is 41.3 Å². The van der Waals surface area contributed by atoms with Gasteiger partial charge in [-0.05, 0) is 18.9 Å². The zero-order chi connectivity index (χ0) is 20.0. The Labute approximate surface area is 156 Å². The maximum atomic E-state index is 12.7. The van der Waals surface area contributed by atoms with E-state index in [2.05, 4.69) is 0 Å². The number of pyridine rings is 1. The molecule has 1 aromatic carbocycles. The quantitative estimate of drug-likeness (QED) is 0.550. The Balaban J connectivity index is 2.28. The first kappa shape index (κ1) is 19.8. The predicted molar refractivity (Wildman–Crippen MR) is 99.0 cm³/mol. The van der Waals surface area contributed by atoms with E-state index in [1.54, 1.807) is 11.0 Å². The predicted octanol–water partition coefficient (Wildman–Crippen LogP) is 2.38. The molecule has 0 aliphatic carbocycles. The van der Waals surface area contributed by atoms with Crippen LogP contribution in [0, 0.1) is 28.4 Å². The molecule has 0 aliphatic heterocycles. The van der Waals surface area contributed by atoms with Crippen LogP contribution >= 0.6 is 0 Å². The fourth-order valence-electron chi connectivity index (χ4n) is 2.64. The second-order valence-electron chi connectivity index (χ2n) is 6.21. The van der Waals surface area contributed by atoms with E-state index in [1.807, 2.05) is 38.1 Å². The van der Waals surface area contributed by atoms with E-state index < -0.39 is 16.2 Å². The van der Waals surface area contributed by atoms with Crippen molar-refractivity contribution in [2.75, 3.05) is 6.54 Å². The molecular weight excluding hydrogens is 348 g/mol. The van der Waals surface area contributed by atoms with Gasteiger partial charge in [0.15, 0.2) is 0 Å². The Bertz CT molecular complexity index is 942. The summed E-state index contributed by atoms with van der Waals surface area (Å²) >= 11 is 0. The molecule has 1 amide bonds. The molecular formula is C19H20N4O4. The summed E-state index contributed by atoms with van der Waals surface area (Å²) in [5.41, 5.74) is 0.575. The minimum atomic E-state index is -0.719. The van der Waals surface area contributed by atoms with E-state index in [1.165, 1.54) is 0 Å². The summed E-state index contributed by atoms with van der Waals surface area (Å²) in [7, 11) is 0. The first-order valence-corrected chi connectivity index (χ1v) is 8.48. The number of carbonyl (C=O) groups is 1. The molecule has 0 aliphatic rings. The van der Waals surface area contributed by atoms with E-state index in [0.29, 0.717) is 13.1 Å². The number of hydrogen-bond donors (Lipinski definition) is 0. The van der Waals surface area contributed by atoms with Crippen molar-refractivity contribution in [1.82, 2.24) is 9.47 Å². The van der Waals surface area contributed by atoms with E-state index in [4.69, 9.17) is 5.26 Å². The minimum absolute atomic E-state index is 0.344. The van der Waals surface area contributed by atoms with Crippen molar-refractivity contribution in [2.45, 2.75) is 33.4 Å². The van der Waals surface area contributed by atoms with Gasteiger partial charge in [-0.25, -0.2) is 0 Å². The Hall–Kier alpha value is -3.47. The SMILES string of the molecule is CCCN(Cc1ccc(C)cc1)C(=O)Cn1cc([N+](=O)[O-])cc(C#N)c1=O. The molecule has 0 fully saturated rings. The molecule has 0 spiro atoms. The number of rotatable bonds is 7. The largest absolute Gasteiger partial charge is 0.337 e. The number of aryl methyl sites for hydroxylation is 1. The van der Waals surface area contributed by atoms with E-state index in [-0.39, 0.29) is 18.0 Å². The lowest BCUT2D eigenvalue weighted by molar-refractivity contribution is -0.385.